The molecule has 22 heavy (non-hydrogen) atoms. The highest BCUT2D eigenvalue weighted by molar-refractivity contribution is 5.84. The number of non-ortho nitro benzene ring substituents is 1. The largest absolute Gasteiger partial charge is 0.507 e. The van der Waals surface area contributed by atoms with E-state index in [1.54, 1.807) is 0 Å². The fourth-order valence-electron chi connectivity index (χ4n) is 1.51. The van der Waals surface area contributed by atoms with Gasteiger partial charge in [-0.05, 0) is 6.07 Å². The first-order valence-corrected chi connectivity index (χ1v) is 5.98. The molecule has 2 aromatic rings. The highest BCUT2D eigenvalue weighted by atomic mass is 19.1. The molecule has 0 fully saturated rings. The first-order valence-electron chi connectivity index (χ1n) is 5.98. The summed E-state index contributed by atoms with van der Waals surface area (Å²) in [6.45, 7) is 0. The van der Waals surface area contributed by atoms with Crippen LogP contribution in [-0.2, 0) is 0 Å². The normalized spacial score (nSPS) is 10.6. The molecular weight excluding hydrogens is 295 g/mol. The summed E-state index contributed by atoms with van der Waals surface area (Å²) in [4.78, 5) is 17.5. The summed E-state index contributed by atoms with van der Waals surface area (Å²) in [5.41, 5.74) is 2.38. The number of phenols is 1. The number of nitro benzene ring substituents is 1. The summed E-state index contributed by atoms with van der Waals surface area (Å²) in [6.07, 6.45) is 2.12. The van der Waals surface area contributed by atoms with Crippen LogP contribution in [0.15, 0.2) is 29.5 Å². The topological polar surface area (TPSA) is 126 Å². The zero-order chi connectivity index (χ0) is 16.1. The average molecular weight is 306 g/mol. The third-order valence-electron chi connectivity index (χ3n) is 2.57. The van der Waals surface area contributed by atoms with Gasteiger partial charge in [0.2, 0.25) is 5.95 Å². The number of nitrogens with one attached hydrogen (secondary N) is 2. The van der Waals surface area contributed by atoms with E-state index < -0.39 is 10.7 Å². The smallest absolute Gasteiger partial charge is 0.270 e. The van der Waals surface area contributed by atoms with Gasteiger partial charge in [-0.2, -0.15) is 10.1 Å². The summed E-state index contributed by atoms with van der Waals surface area (Å²) in [5.74, 6) is -0.779. The highest BCUT2D eigenvalue weighted by Crippen LogP contribution is 2.21. The molecule has 1 aromatic carbocycles. The Kier molecular flexibility index (Phi) is 4.41. The predicted octanol–water partition coefficient (Wildman–Crippen LogP) is 1.72. The molecule has 1 aromatic heterocycles. The van der Waals surface area contributed by atoms with Crippen LogP contribution in [0.3, 0.4) is 0 Å². The maximum Gasteiger partial charge on any atom is 0.270 e. The van der Waals surface area contributed by atoms with Gasteiger partial charge in [0.25, 0.3) is 5.69 Å². The molecule has 0 atom stereocenters. The van der Waals surface area contributed by atoms with Crippen LogP contribution in [0, 0.1) is 15.9 Å². The van der Waals surface area contributed by atoms with Crippen molar-refractivity contribution in [3.05, 3.63) is 45.9 Å². The van der Waals surface area contributed by atoms with Gasteiger partial charge < -0.3 is 10.4 Å². The van der Waals surface area contributed by atoms with E-state index in [4.69, 9.17) is 0 Å². The second-order valence-corrected chi connectivity index (χ2v) is 4.01. The van der Waals surface area contributed by atoms with Crippen molar-refractivity contribution in [3.63, 3.8) is 0 Å². The Morgan fingerprint density at radius 2 is 2.27 bits per heavy atom. The third-order valence-corrected chi connectivity index (χ3v) is 2.57. The maximum atomic E-state index is 13.2. The fraction of sp³-hybridized carbons (Fsp3) is 0.0833. The first kappa shape index (κ1) is 15.1. The van der Waals surface area contributed by atoms with E-state index in [-0.39, 0.29) is 28.8 Å². The molecule has 0 aliphatic rings. The molecule has 3 N–H and O–H groups in total. The number of nitrogens with zero attached hydrogens (tertiary/aromatic N) is 4. The molecule has 9 nitrogen and oxygen atoms in total. The Balaban J connectivity index is 2.16. The Morgan fingerprint density at radius 1 is 1.50 bits per heavy atom. The van der Waals surface area contributed by atoms with Crippen molar-refractivity contribution in [1.82, 2.24) is 9.97 Å². The molecule has 0 saturated carbocycles. The number of hydrazone groups is 1. The standard InChI is InChI=1S/C12H11FN6O3/c1-14-11-9(13)6-15-12(17-11)18-16-5-7-4-8(19(21)22)2-3-10(7)20/h2-6,20H,1H3,(H2,14,15,17,18). The average Bonchev–Trinajstić information content (AvgIpc) is 2.50. The minimum absolute atomic E-state index is 0.00843. The molecule has 0 aliphatic carbocycles. The van der Waals surface area contributed by atoms with Gasteiger partial charge in [0, 0.05) is 24.7 Å². The van der Waals surface area contributed by atoms with Gasteiger partial charge in [-0.1, -0.05) is 0 Å². The number of aromatic nitrogens is 2. The lowest BCUT2D eigenvalue weighted by Gasteiger charge is -2.03. The van der Waals surface area contributed by atoms with Gasteiger partial charge >= 0.3 is 0 Å². The van der Waals surface area contributed by atoms with Crippen molar-refractivity contribution in [2.75, 3.05) is 17.8 Å². The van der Waals surface area contributed by atoms with E-state index in [2.05, 4.69) is 25.8 Å². The molecule has 2 rings (SSSR count). The summed E-state index contributed by atoms with van der Waals surface area (Å²) >= 11 is 0. The number of anilines is 2. The number of aromatic hydroxyl groups is 1. The highest BCUT2D eigenvalue weighted by Gasteiger charge is 2.09. The molecular formula is C12H11FN6O3. The number of benzene rings is 1. The van der Waals surface area contributed by atoms with Gasteiger partial charge in [0.15, 0.2) is 11.6 Å². The molecule has 1 heterocycles. The number of hydrogen-bond acceptors (Lipinski definition) is 8. The Labute approximate surface area is 123 Å². The number of phenolic OH excluding ortho intramolecular Hbond substituents is 1. The molecule has 114 valence electrons. The second kappa shape index (κ2) is 6.43. The Bertz CT molecular complexity index is 737. The molecule has 0 spiro atoms. The minimum Gasteiger partial charge on any atom is -0.507 e. The van der Waals surface area contributed by atoms with Gasteiger partial charge in [0.1, 0.15) is 5.75 Å². The summed E-state index contributed by atoms with van der Waals surface area (Å²) in [6, 6.07) is 3.51. The molecule has 0 bridgehead atoms. The first-order chi connectivity index (χ1) is 10.5. The lowest BCUT2D eigenvalue weighted by Crippen LogP contribution is -2.02. The van der Waals surface area contributed by atoms with E-state index in [1.165, 1.54) is 19.2 Å². The monoisotopic (exact) mass is 306 g/mol. The van der Waals surface area contributed by atoms with Crippen LogP contribution < -0.4 is 10.7 Å². The predicted molar refractivity (Wildman–Crippen MR) is 77.5 cm³/mol. The van der Waals surface area contributed by atoms with Gasteiger partial charge in [-0.25, -0.2) is 14.8 Å². The third kappa shape index (κ3) is 3.42. The number of halogens is 1. The maximum absolute atomic E-state index is 13.2. The van der Waals surface area contributed by atoms with Crippen molar-refractivity contribution in [2.24, 2.45) is 5.10 Å². The van der Waals surface area contributed by atoms with Crippen LogP contribution in [-0.4, -0.2) is 33.3 Å². The van der Waals surface area contributed by atoms with Crippen LogP contribution in [0.4, 0.5) is 21.8 Å². The van der Waals surface area contributed by atoms with Crippen molar-refractivity contribution in [3.8, 4) is 5.75 Å². The summed E-state index contributed by atoms with van der Waals surface area (Å²) in [7, 11) is 1.50. The SMILES string of the molecule is CNc1nc(NN=Cc2cc([N+](=O)[O-])ccc2O)ncc1F. The quantitative estimate of drug-likeness (QED) is 0.436. The molecule has 0 unspecified atom stereocenters. The summed E-state index contributed by atoms with van der Waals surface area (Å²) in [5, 5.41) is 26.5. The van der Waals surface area contributed by atoms with Crippen LogP contribution in [0.1, 0.15) is 5.56 Å². The fourth-order valence-corrected chi connectivity index (χ4v) is 1.51. The molecule has 0 aliphatic heterocycles. The zero-order valence-corrected chi connectivity index (χ0v) is 11.3. The van der Waals surface area contributed by atoms with E-state index in [9.17, 15) is 19.6 Å². The Morgan fingerprint density at radius 3 is 2.95 bits per heavy atom. The van der Waals surface area contributed by atoms with E-state index in [0.29, 0.717) is 0 Å². The van der Waals surface area contributed by atoms with Gasteiger partial charge in [-0.3, -0.25) is 10.1 Å². The van der Waals surface area contributed by atoms with Gasteiger partial charge in [-0.15, -0.1) is 0 Å². The molecule has 0 radical (unpaired) electrons. The van der Waals surface area contributed by atoms with Crippen LogP contribution in [0.5, 0.6) is 5.75 Å². The molecule has 0 amide bonds. The molecule has 0 saturated heterocycles. The number of hydrogen-bond donors (Lipinski definition) is 3. The van der Waals surface area contributed by atoms with Crippen molar-refractivity contribution < 1.29 is 14.4 Å². The zero-order valence-electron chi connectivity index (χ0n) is 11.3. The van der Waals surface area contributed by atoms with Crippen LogP contribution >= 0.6 is 0 Å². The van der Waals surface area contributed by atoms with Crippen LogP contribution in [0.25, 0.3) is 0 Å². The van der Waals surface area contributed by atoms with Crippen molar-refractivity contribution in [1.29, 1.82) is 0 Å². The lowest BCUT2D eigenvalue weighted by atomic mass is 10.2. The van der Waals surface area contributed by atoms with Crippen molar-refractivity contribution >= 4 is 23.7 Å². The lowest BCUT2D eigenvalue weighted by molar-refractivity contribution is -0.384. The second-order valence-electron chi connectivity index (χ2n) is 4.01. The van der Waals surface area contributed by atoms with Crippen LogP contribution in [0.2, 0.25) is 0 Å². The minimum atomic E-state index is -0.617. The van der Waals surface area contributed by atoms with E-state index in [1.807, 2.05) is 0 Å². The number of rotatable bonds is 5. The van der Waals surface area contributed by atoms with Crippen molar-refractivity contribution in [2.45, 2.75) is 0 Å². The summed E-state index contributed by atoms with van der Waals surface area (Å²) < 4.78 is 13.2. The van der Waals surface area contributed by atoms with E-state index >= 15 is 0 Å². The molecule has 10 heteroatoms. The van der Waals surface area contributed by atoms with Gasteiger partial charge in [0.05, 0.1) is 17.3 Å². The Hall–Kier alpha value is -3.30. The number of nitro groups is 1. The van der Waals surface area contributed by atoms with E-state index in [0.717, 1.165) is 18.5 Å².